The van der Waals surface area contributed by atoms with Crippen molar-refractivity contribution < 1.29 is 9.53 Å². The van der Waals surface area contributed by atoms with Crippen molar-refractivity contribution in [3.05, 3.63) is 54.6 Å². The van der Waals surface area contributed by atoms with E-state index in [0.29, 0.717) is 18.4 Å². The summed E-state index contributed by atoms with van der Waals surface area (Å²) in [5, 5.41) is 3.13. The summed E-state index contributed by atoms with van der Waals surface area (Å²) in [5.74, 6) is 0.721. The van der Waals surface area contributed by atoms with Gasteiger partial charge in [0.15, 0.2) is 0 Å². The number of carbonyl (C=O) groups is 1. The average molecular weight is 364 g/mol. The molecule has 0 spiro atoms. The first-order chi connectivity index (χ1) is 13.3. The number of ether oxygens (including phenoxy) is 1. The summed E-state index contributed by atoms with van der Waals surface area (Å²) in [4.78, 5) is 15.1. The van der Waals surface area contributed by atoms with Gasteiger partial charge in [0.05, 0.1) is 6.61 Å². The lowest BCUT2D eigenvalue weighted by Crippen LogP contribution is -2.34. The Morgan fingerprint density at radius 3 is 2.56 bits per heavy atom. The van der Waals surface area contributed by atoms with Gasteiger partial charge in [-0.25, -0.2) is 0 Å². The zero-order valence-corrected chi connectivity index (χ0v) is 15.8. The Bertz CT molecular complexity index is 752. The van der Waals surface area contributed by atoms with Crippen LogP contribution in [0.4, 0.5) is 5.69 Å². The number of nitrogens with zero attached hydrogens (tertiary/aromatic N) is 1. The summed E-state index contributed by atoms with van der Waals surface area (Å²) in [6, 6.07) is 18.9. The lowest BCUT2D eigenvalue weighted by molar-refractivity contribution is -0.116. The number of rotatable bonds is 8. The van der Waals surface area contributed by atoms with E-state index >= 15 is 0 Å². The van der Waals surface area contributed by atoms with E-state index in [-0.39, 0.29) is 5.91 Å². The average Bonchev–Trinajstić information content (AvgIpc) is 3.42. The van der Waals surface area contributed by atoms with Crippen molar-refractivity contribution in [2.75, 3.05) is 31.6 Å². The molecule has 4 rings (SSSR count). The molecule has 0 bridgehead atoms. The van der Waals surface area contributed by atoms with Gasteiger partial charge in [0.2, 0.25) is 5.91 Å². The summed E-state index contributed by atoms with van der Waals surface area (Å²) in [6.07, 6.45) is 4.23. The predicted octanol–water partition coefficient (Wildman–Crippen LogP) is 4.18. The van der Waals surface area contributed by atoms with Gasteiger partial charge in [-0.2, -0.15) is 0 Å². The van der Waals surface area contributed by atoms with Crippen LogP contribution in [0.2, 0.25) is 0 Å². The third kappa shape index (κ3) is 4.96. The van der Waals surface area contributed by atoms with Crippen LogP contribution in [0.3, 0.4) is 0 Å². The Labute approximate surface area is 161 Å². The minimum atomic E-state index is 0.0895. The molecule has 1 saturated carbocycles. The normalized spacial score (nSPS) is 19.4. The van der Waals surface area contributed by atoms with E-state index in [0.717, 1.165) is 49.5 Å². The lowest BCUT2D eigenvalue weighted by Gasteiger charge is -2.24. The molecule has 27 heavy (non-hydrogen) atoms. The van der Waals surface area contributed by atoms with Crippen molar-refractivity contribution >= 4 is 11.6 Å². The highest BCUT2D eigenvalue weighted by molar-refractivity contribution is 5.95. The van der Waals surface area contributed by atoms with E-state index in [1.54, 1.807) is 0 Å². The minimum absolute atomic E-state index is 0.0895. The maximum Gasteiger partial charge on any atom is 0.225 e. The van der Waals surface area contributed by atoms with Crippen LogP contribution >= 0.6 is 0 Å². The number of nitrogens with one attached hydrogen (secondary N) is 1. The molecular weight excluding hydrogens is 336 g/mol. The molecule has 4 heteroatoms. The number of benzene rings is 2. The monoisotopic (exact) mass is 364 g/mol. The minimum Gasteiger partial charge on any atom is -0.381 e. The molecule has 1 aliphatic carbocycles. The van der Waals surface area contributed by atoms with Crippen LogP contribution in [0.15, 0.2) is 54.6 Å². The molecule has 2 aliphatic rings. The Balaban J connectivity index is 1.35. The molecule has 0 aromatic heterocycles. The smallest absolute Gasteiger partial charge is 0.225 e. The standard InChI is InChI=1S/C23H28N2O2/c26-23(12-14-25(20-10-11-20)16-18-13-15-27-17-18)24-22-9-5-4-8-21(22)19-6-2-1-3-7-19/h1-9,18,20H,10-17H2,(H,24,26). The number of carbonyl (C=O) groups excluding carboxylic acids is 1. The van der Waals surface area contributed by atoms with Crippen molar-refractivity contribution in [3.63, 3.8) is 0 Å². The molecule has 4 nitrogen and oxygen atoms in total. The SMILES string of the molecule is O=C(CCN(CC1CCOC1)C1CC1)Nc1ccccc1-c1ccccc1. The number of anilines is 1. The Hall–Kier alpha value is -2.17. The number of para-hydroxylation sites is 1. The van der Waals surface area contributed by atoms with Crippen LogP contribution in [0.1, 0.15) is 25.7 Å². The van der Waals surface area contributed by atoms with Gasteiger partial charge in [-0.05, 0) is 36.8 Å². The van der Waals surface area contributed by atoms with E-state index in [4.69, 9.17) is 4.74 Å². The van der Waals surface area contributed by atoms with Crippen LogP contribution in [0.5, 0.6) is 0 Å². The van der Waals surface area contributed by atoms with Crippen LogP contribution in [0.25, 0.3) is 11.1 Å². The third-order valence-corrected chi connectivity index (χ3v) is 5.49. The number of amides is 1. The zero-order chi connectivity index (χ0) is 18.5. The first-order valence-corrected chi connectivity index (χ1v) is 10.1. The second-order valence-corrected chi connectivity index (χ2v) is 7.67. The van der Waals surface area contributed by atoms with Gasteiger partial charge >= 0.3 is 0 Å². The molecular formula is C23H28N2O2. The van der Waals surface area contributed by atoms with Crippen LogP contribution < -0.4 is 5.32 Å². The fourth-order valence-corrected chi connectivity index (χ4v) is 3.84. The van der Waals surface area contributed by atoms with Gasteiger partial charge in [0, 0.05) is 43.4 Å². The van der Waals surface area contributed by atoms with Crippen molar-refractivity contribution in [1.82, 2.24) is 4.90 Å². The maximum absolute atomic E-state index is 12.6. The second kappa shape index (κ2) is 8.68. The van der Waals surface area contributed by atoms with E-state index in [2.05, 4.69) is 28.4 Å². The Kier molecular flexibility index (Phi) is 5.85. The summed E-state index contributed by atoms with van der Waals surface area (Å²) in [7, 11) is 0. The van der Waals surface area contributed by atoms with Crippen molar-refractivity contribution in [2.24, 2.45) is 5.92 Å². The molecule has 1 atom stereocenters. The molecule has 0 radical (unpaired) electrons. The first-order valence-electron chi connectivity index (χ1n) is 10.1. The molecule has 1 amide bonds. The highest BCUT2D eigenvalue weighted by Gasteiger charge is 2.31. The molecule has 1 heterocycles. The molecule has 1 unspecified atom stereocenters. The maximum atomic E-state index is 12.6. The van der Waals surface area contributed by atoms with Crippen molar-refractivity contribution in [1.29, 1.82) is 0 Å². The molecule has 2 fully saturated rings. The van der Waals surface area contributed by atoms with Gasteiger partial charge < -0.3 is 10.1 Å². The Morgan fingerprint density at radius 2 is 1.81 bits per heavy atom. The zero-order valence-electron chi connectivity index (χ0n) is 15.8. The molecule has 2 aromatic carbocycles. The van der Waals surface area contributed by atoms with E-state index in [9.17, 15) is 4.79 Å². The summed E-state index contributed by atoms with van der Waals surface area (Å²) < 4.78 is 5.51. The topological polar surface area (TPSA) is 41.6 Å². The van der Waals surface area contributed by atoms with Gasteiger partial charge in [-0.3, -0.25) is 9.69 Å². The fraction of sp³-hybridized carbons (Fsp3) is 0.435. The second-order valence-electron chi connectivity index (χ2n) is 7.67. The quantitative estimate of drug-likeness (QED) is 0.764. The summed E-state index contributed by atoms with van der Waals surface area (Å²) >= 11 is 0. The van der Waals surface area contributed by atoms with Crippen molar-refractivity contribution in [3.8, 4) is 11.1 Å². The molecule has 2 aromatic rings. The van der Waals surface area contributed by atoms with Crippen LogP contribution in [-0.4, -0.2) is 43.2 Å². The van der Waals surface area contributed by atoms with Gasteiger partial charge in [0.25, 0.3) is 0 Å². The van der Waals surface area contributed by atoms with Gasteiger partial charge in [-0.15, -0.1) is 0 Å². The number of hydrogen-bond acceptors (Lipinski definition) is 3. The first kappa shape index (κ1) is 18.2. The van der Waals surface area contributed by atoms with E-state index in [1.165, 1.54) is 12.8 Å². The largest absolute Gasteiger partial charge is 0.381 e. The van der Waals surface area contributed by atoms with Crippen molar-refractivity contribution in [2.45, 2.75) is 31.7 Å². The molecule has 142 valence electrons. The van der Waals surface area contributed by atoms with Crippen LogP contribution in [-0.2, 0) is 9.53 Å². The lowest BCUT2D eigenvalue weighted by atomic mass is 10.0. The van der Waals surface area contributed by atoms with Crippen LogP contribution in [0, 0.1) is 5.92 Å². The highest BCUT2D eigenvalue weighted by atomic mass is 16.5. The molecule has 1 saturated heterocycles. The fourth-order valence-electron chi connectivity index (χ4n) is 3.84. The summed E-state index contributed by atoms with van der Waals surface area (Å²) in [5.41, 5.74) is 3.07. The Morgan fingerprint density at radius 1 is 1.04 bits per heavy atom. The third-order valence-electron chi connectivity index (χ3n) is 5.49. The highest BCUT2D eigenvalue weighted by Crippen LogP contribution is 2.30. The summed E-state index contributed by atoms with van der Waals surface area (Å²) in [6.45, 7) is 3.67. The molecule has 1 N–H and O–H groups in total. The van der Waals surface area contributed by atoms with Gasteiger partial charge in [-0.1, -0.05) is 48.5 Å². The van der Waals surface area contributed by atoms with Gasteiger partial charge in [0.1, 0.15) is 0 Å². The molecule has 1 aliphatic heterocycles. The van der Waals surface area contributed by atoms with E-state index in [1.807, 2.05) is 36.4 Å². The van der Waals surface area contributed by atoms with E-state index < -0.39 is 0 Å². The number of hydrogen-bond donors (Lipinski definition) is 1. The predicted molar refractivity (Wildman–Crippen MR) is 109 cm³/mol.